The number of halogens is 4. The van der Waals surface area contributed by atoms with Crippen LogP contribution in [0.3, 0.4) is 0 Å². The lowest BCUT2D eigenvalue weighted by molar-refractivity contribution is -0.120. The summed E-state index contributed by atoms with van der Waals surface area (Å²) >= 11 is 19.6. The Balaban J connectivity index is 0.000000225. The van der Waals surface area contributed by atoms with Crippen LogP contribution < -0.4 is 22.6 Å². The topological polar surface area (TPSA) is 330 Å². The molecule has 0 unspecified atom stereocenters. The number of aromatic amines is 2. The maximum Gasteiger partial charge on any atom is 0.339 e. The number of Topliss-reactive ketones (excluding diaryl/α,β-unsaturated/α-hetero) is 1. The van der Waals surface area contributed by atoms with E-state index in [4.69, 9.17) is 33.1 Å². The number of benzene rings is 4. The van der Waals surface area contributed by atoms with Crippen molar-refractivity contribution in [1.29, 1.82) is 15.8 Å². The van der Waals surface area contributed by atoms with Gasteiger partial charge in [0.05, 0.1) is 30.0 Å². The molecule has 4 aromatic carbocycles. The number of hydrogen-bond acceptors (Lipinski definition) is 16. The SMILES string of the molecule is N#CCC(=O)NN.N#Cc1c(-c2ccccc2)cn[nH]c1=O.N#Cc1c(-c2ccccc2)cnnc1Cl.Nc1n[nH]c2nncc(-c3ccccc3)c12.O=CC(=O)c1ccccc1.O=P(Cl)(Cl)Cl. The number of carbonyl (C=O) groups excluding carboxylic acids is 3. The van der Waals surface area contributed by atoms with Crippen LogP contribution in [0.2, 0.25) is 5.15 Å². The van der Waals surface area contributed by atoms with Crippen molar-refractivity contribution in [1.82, 2.24) is 46.2 Å². The van der Waals surface area contributed by atoms with Crippen molar-refractivity contribution < 1.29 is 18.9 Å². The third-order valence-corrected chi connectivity index (χ3v) is 8.36. The van der Waals surface area contributed by atoms with Crippen LogP contribution in [0.5, 0.6) is 0 Å². The molecule has 0 spiro atoms. The summed E-state index contributed by atoms with van der Waals surface area (Å²) in [6, 6.07) is 42.6. The molecular weight excluding hydrogens is 977 g/mol. The molecule has 24 heteroatoms. The molecule has 19 nitrogen and oxygen atoms in total. The number of aromatic nitrogens is 8. The highest BCUT2D eigenvalue weighted by molar-refractivity contribution is 8.24. The summed E-state index contributed by atoms with van der Waals surface area (Å²) in [5.41, 5.74) is 13.6. The number of H-pyrrole nitrogens is 2. The van der Waals surface area contributed by atoms with E-state index in [1.807, 2.05) is 103 Å². The van der Waals surface area contributed by atoms with Crippen molar-refractivity contribution in [3.8, 4) is 51.6 Å². The molecular formula is C44H33Cl4N14O5P. The summed E-state index contributed by atoms with van der Waals surface area (Å²) in [4.78, 5) is 41.9. The number of nitrogens with two attached hydrogens (primary N) is 2. The van der Waals surface area contributed by atoms with Crippen molar-refractivity contribution in [2.45, 2.75) is 6.42 Å². The molecule has 0 aliphatic rings. The van der Waals surface area contributed by atoms with Gasteiger partial charge in [-0.2, -0.15) is 36.2 Å². The van der Waals surface area contributed by atoms with E-state index in [9.17, 15) is 23.7 Å². The van der Waals surface area contributed by atoms with Crippen molar-refractivity contribution in [2.24, 2.45) is 5.84 Å². The van der Waals surface area contributed by atoms with Gasteiger partial charge in [-0.15, -0.1) is 10.2 Å². The van der Waals surface area contributed by atoms with Crippen molar-refractivity contribution in [3.63, 3.8) is 0 Å². The number of amides is 1. The lowest BCUT2D eigenvalue weighted by Gasteiger charge is -2.02. The number of nitrogens with zero attached hydrogens (tertiary/aromatic N) is 9. The van der Waals surface area contributed by atoms with Gasteiger partial charge in [0, 0.05) is 22.3 Å². The predicted molar refractivity (Wildman–Crippen MR) is 258 cm³/mol. The van der Waals surface area contributed by atoms with Crippen LogP contribution in [0, 0.1) is 34.0 Å². The smallest absolute Gasteiger partial charge is 0.339 e. The molecule has 0 atom stereocenters. The number of rotatable bonds is 6. The van der Waals surface area contributed by atoms with Crippen LogP contribution in [0.1, 0.15) is 27.9 Å². The molecule has 1 amide bonds. The molecule has 0 aliphatic heterocycles. The summed E-state index contributed by atoms with van der Waals surface area (Å²) in [7, 11) is 0. The molecule has 68 heavy (non-hydrogen) atoms. The van der Waals surface area contributed by atoms with Gasteiger partial charge in [0.25, 0.3) is 5.56 Å². The maximum absolute atomic E-state index is 11.3. The minimum absolute atomic E-state index is 0.0937. The first-order valence-corrected chi connectivity index (χ1v) is 23.6. The zero-order valence-electron chi connectivity index (χ0n) is 34.7. The number of fused-ring (bicyclic) bond motifs is 1. The van der Waals surface area contributed by atoms with Crippen molar-refractivity contribution >= 4 is 85.4 Å². The summed E-state index contributed by atoms with van der Waals surface area (Å²) in [6.45, 7) is 0. The number of carbonyl (C=O) groups is 3. The molecule has 0 radical (unpaired) electrons. The van der Waals surface area contributed by atoms with Crippen molar-refractivity contribution in [3.05, 3.63) is 172 Å². The van der Waals surface area contributed by atoms with Crippen LogP contribution in [-0.2, 0) is 14.2 Å². The molecule has 8 rings (SSSR count). The maximum atomic E-state index is 11.3. The van der Waals surface area contributed by atoms with E-state index >= 15 is 0 Å². The number of anilines is 1. The van der Waals surface area contributed by atoms with Gasteiger partial charge in [-0.3, -0.25) is 34.3 Å². The van der Waals surface area contributed by atoms with Crippen LogP contribution in [-0.4, -0.2) is 58.8 Å². The molecule has 4 aromatic heterocycles. The number of hydrazine groups is 1. The number of aldehydes is 1. The van der Waals surface area contributed by atoms with Crippen molar-refractivity contribution in [2.75, 3.05) is 5.73 Å². The van der Waals surface area contributed by atoms with Gasteiger partial charge in [-0.05, 0) is 50.4 Å². The van der Waals surface area contributed by atoms with Gasteiger partial charge < -0.3 is 5.73 Å². The number of ketones is 1. The Bertz CT molecular complexity index is 3140. The molecule has 342 valence electrons. The minimum Gasteiger partial charge on any atom is -0.382 e. The van der Waals surface area contributed by atoms with Gasteiger partial charge >= 0.3 is 5.20 Å². The quantitative estimate of drug-likeness (QED) is 0.0199. The Morgan fingerprint density at radius 2 is 1.16 bits per heavy atom. The third kappa shape index (κ3) is 18.0. The third-order valence-electron chi connectivity index (χ3n) is 8.10. The first-order chi connectivity index (χ1) is 32.7. The van der Waals surface area contributed by atoms with E-state index < -0.39 is 22.4 Å². The van der Waals surface area contributed by atoms with E-state index in [1.54, 1.807) is 54.2 Å². The summed E-state index contributed by atoms with van der Waals surface area (Å²) in [5.74, 6) is 4.13. The number of nitrogen functional groups attached to an aromatic ring is 1. The van der Waals surface area contributed by atoms with E-state index in [0.29, 0.717) is 40.0 Å². The Labute approximate surface area is 406 Å². The normalized spacial score (nSPS) is 9.62. The number of nitrogens with one attached hydrogen (secondary N) is 3. The highest BCUT2D eigenvalue weighted by Gasteiger charge is 2.12. The highest BCUT2D eigenvalue weighted by atomic mass is 36.0. The second-order valence-corrected chi connectivity index (χ2v) is 19.5. The van der Waals surface area contributed by atoms with Gasteiger partial charge in [0.15, 0.2) is 22.9 Å². The Hall–Kier alpha value is -8.18. The summed E-state index contributed by atoms with van der Waals surface area (Å²) in [6.07, 6.45) is 4.87. The first-order valence-electron chi connectivity index (χ1n) is 18.8. The average molecular weight is 1010 g/mol. The fourth-order valence-corrected chi connectivity index (χ4v) is 5.36. The molecule has 7 N–H and O–H groups in total. The fraction of sp³-hybridized carbons (Fsp3) is 0.0227. The minimum atomic E-state index is -3.22. The zero-order chi connectivity index (χ0) is 49.9. The van der Waals surface area contributed by atoms with Crippen LogP contribution in [0.25, 0.3) is 44.4 Å². The van der Waals surface area contributed by atoms with E-state index in [2.05, 4.69) is 80.4 Å². The van der Waals surface area contributed by atoms with E-state index in [0.717, 1.165) is 27.6 Å². The number of hydrogen-bond donors (Lipinski definition) is 5. The average Bonchev–Trinajstić information content (AvgIpc) is 3.75. The van der Waals surface area contributed by atoms with Gasteiger partial charge in [0.2, 0.25) is 11.7 Å². The Kier molecular flexibility index (Phi) is 22.8. The molecule has 4 heterocycles. The fourth-order valence-electron chi connectivity index (χ4n) is 5.17. The largest absolute Gasteiger partial charge is 0.382 e. The zero-order valence-corrected chi connectivity index (χ0v) is 38.7. The summed E-state index contributed by atoms with van der Waals surface area (Å²) in [5, 5.41) is 51.2. The van der Waals surface area contributed by atoms with Gasteiger partial charge in [-0.1, -0.05) is 133 Å². The first kappa shape index (κ1) is 54.2. The second kappa shape index (κ2) is 28.7. The van der Waals surface area contributed by atoms with Crippen LogP contribution in [0.15, 0.2) is 145 Å². The van der Waals surface area contributed by atoms with E-state index in [1.165, 1.54) is 6.20 Å². The molecule has 0 fully saturated rings. The molecule has 0 saturated heterocycles. The monoisotopic (exact) mass is 1010 g/mol. The Morgan fingerprint density at radius 1 is 0.706 bits per heavy atom. The summed E-state index contributed by atoms with van der Waals surface area (Å²) < 4.78 is 9.51. The van der Waals surface area contributed by atoms with E-state index in [-0.39, 0.29) is 17.1 Å². The van der Waals surface area contributed by atoms with Gasteiger partial charge in [0.1, 0.15) is 29.7 Å². The lowest BCUT2D eigenvalue weighted by atomic mass is 10.0. The highest BCUT2D eigenvalue weighted by Crippen LogP contribution is 2.61. The molecule has 0 saturated carbocycles. The molecule has 8 aromatic rings. The lowest BCUT2D eigenvalue weighted by Crippen LogP contribution is -2.29. The number of nitriles is 3. The van der Waals surface area contributed by atoms with Gasteiger partial charge in [-0.25, -0.2) is 10.9 Å². The Morgan fingerprint density at radius 3 is 1.62 bits per heavy atom. The molecule has 0 bridgehead atoms. The standard InChI is InChI=1S/C11H6ClN3.C11H9N5.C11H7N3O.C8H6O2.C3H5N3O.Cl3OP/c12-11-9(6-13)10(7-14-15-11)8-4-2-1-3-5-8;12-10-9-8(7-4-2-1-3-5-7)6-13-15-11(9)16-14-10;12-6-9-10(7-13-14-11(9)15)8-4-2-1-3-5-8;9-6-8(10)7-4-2-1-3-5-7;4-2-1-3(7)6-5;1-5(2,3)4/h1-5,7H;1-6H,(H3,12,14,15,16);1-5,7H,(H,14,15);1-6H;1,5H2,(H,6,7);. The van der Waals surface area contributed by atoms with Crippen LogP contribution in [0.4, 0.5) is 5.82 Å². The predicted octanol–water partition coefficient (Wildman–Crippen LogP) is 8.35. The second-order valence-electron chi connectivity index (χ2n) is 12.5. The molecule has 0 aliphatic carbocycles. The van der Waals surface area contributed by atoms with Crippen LogP contribution >= 0.6 is 50.5 Å².